The van der Waals surface area contributed by atoms with Gasteiger partial charge in [0.1, 0.15) is 16.3 Å². The first-order chi connectivity index (χ1) is 15.5. The standard InChI is InChI=1S/C24H21N3O4S/c1-4-10-30-16-7-5-6-15(12-16)20-19-21(28)17-11-13(2)8-9-18(17)31-22(19)23(29)27(20)24-26-25-14(3)32-24/h5-9,11-12,20H,4,10H2,1-3H3/t20-/m0/s1. The summed E-state index contributed by atoms with van der Waals surface area (Å²) in [7, 11) is 0. The van der Waals surface area contributed by atoms with Crippen LogP contribution in [0.5, 0.6) is 5.75 Å². The van der Waals surface area contributed by atoms with Crippen molar-refractivity contribution in [3.63, 3.8) is 0 Å². The monoisotopic (exact) mass is 447 g/mol. The van der Waals surface area contributed by atoms with E-state index in [1.54, 1.807) is 12.1 Å². The smallest absolute Gasteiger partial charge is 0.297 e. The molecule has 7 nitrogen and oxygen atoms in total. The lowest BCUT2D eigenvalue weighted by atomic mass is 9.98. The van der Waals surface area contributed by atoms with E-state index >= 15 is 0 Å². The third-order valence-corrected chi connectivity index (χ3v) is 6.23. The van der Waals surface area contributed by atoms with Gasteiger partial charge in [-0.05, 0) is 50.1 Å². The van der Waals surface area contributed by atoms with Crippen LogP contribution in [0.25, 0.3) is 11.0 Å². The van der Waals surface area contributed by atoms with Crippen LogP contribution in [0.4, 0.5) is 5.13 Å². The lowest BCUT2D eigenvalue weighted by Crippen LogP contribution is -2.29. The third kappa shape index (κ3) is 3.27. The summed E-state index contributed by atoms with van der Waals surface area (Å²) in [6.07, 6.45) is 0.875. The van der Waals surface area contributed by atoms with E-state index < -0.39 is 11.9 Å². The maximum Gasteiger partial charge on any atom is 0.297 e. The minimum absolute atomic E-state index is 0.0454. The molecule has 0 spiro atoms. The van der Waals surface area contributed by atoms with Crippen LogP contribution in [0.1, 0.15) is 51.6 Å². The summed E-state index contributed by atoms with van der Waals surface area (Å²) in [6, 6.07) is 12.2. The second kappa shape index (κ2) is 7.87. The van der Waals surface area contributed by atoms with Gasteiger partial charge in [-0.15, -0.1) is 10.2 Å². The van der Waals surface area contributed by atoms with Gasteiger partial charge in [0.05, 0.1) is 23.6 Å². The summed E-state index contributed by atoms with van der Waals surface area (Å²) in [5, 5.41) is 9.86. The van der Waals surface area contributed by atoms with E-state index in [2.05, 4.69) is 10.2 Å². The molecular formula is C24H21N3O4S. The lowest BCUT2D eigenvalue weighted by Gasteiger charge is -2.22. The van der Waals surface area contributed by atoms with Crippen molar-refractivity contribution in [3.8, 4) is 5.75 Å². The molecule has 1 aliphatic heterocycles. The summed E-state index contributed by atoms with van der Waals surface area (Å²) >= 11 is 1.30. The molecule has 0 saturated carbocycles. The molecule has 2 aromatic heterocycles. The maximum absolute atomic E-state index is 13.6. The topological polar surface area (TPSA) is 85.5 Å². The van der Waals surface area contributed by atoms with Gasteiger partial charge in [0.25, 0.3) is 5.91 Å². The number of ether oxygens (including phenoxy) is 1. The van der Waals surface area contributed by atoms with E-state index in [0.717, 1.165) is 22.6 Å². The molecule has 5 rings (SSSR count). The van der Waals surface area contributed by atoms with Gasteiger partial charge in [-0.25, -0.2) is 0 Å². The minimum Gasteiger partial charge on any atom is -0.494 e. The number of amides is 1. The van der Waals surface area contributed by atoms with Crippen molar-refractivity contribution in [2.24, 2.45) is 0 Å². The first-order valence-corrected chi connectivity index (χ1v) is 11.2. The predicted molar refractivity (Wildman–Crippen MR) is 123 cm³/mol. The van der Waals surface area contributed by atoms with Crippen LogP contribution in [0.15, 0.2) is 51.7 Å². The number of hydrogen-bond acceptors (Lipinski definition) is 7. The molecule has 0 saturated heterocycles. The fourth-order valence-electron chi connectivity index (χ4n) is 3.98. The Balaban J connectivity index is 1.76. The largest absolute Gasteiger partial charge is 0.494 e. The molecule has 0 fully saturated rings. The number of anilines is 1. The van der Waals surface area contributed by atoms with E-state index in [1.165, 1.54) is 16.2 Å². The Morgan fingerprint density at radius 2 is 1.97 bits per heavy atom. The number of carbonyl (C=O) groups excluding carboxylic acids is 1. The highest BCUT2D eigenvalue weighted by Crippen LogP contribution is 2.42. The second-order valence-electron chi connectivity index (χ2n) is 7.78. The van der Waals surface area contributed by atoms with E-state index in [9.17, 15) is 9.59 Å². The molecule has 4 aromatic rings. The Labute approximate surface area is 188 Å². The maximum atomic E-state index is 13.6. The Hall–Kier alpha value is -3.52. The number of aromatic nitrogens is 2. The SMILES string of the molecule is CCCOc1cccc([C@H]2c3c(oc4ccc(C)cc4c3=O)C(=O)N2c2nnc(C)s2)c1. The predicted octanol–water partition coefficient (Wildman–Crippen LogP) is 4.80. The number of hydrogen-bond donors (Lipinski definition) is 0. The summed E-state index contributed by atoms with van der Waals surface area (Å²) in [5.41, 5.74) is 2.18. The average Bonchev–Trinajstić information content (AvgIpc) is 3.34. The number of aryl methyl sites for hydroxylation is 2. The number of nitrogens with zero attached hydrogens (tertiary/aromatic N) is 3. The molecule has 2 aromatic carbocycles. The van der Waals surface area contributed by atoms with Gasteiger partial charge in [-0.1, -0.05) is 42.0 Å². The fraction of sp³-hybridized carbons (Fsp3) is 0.250. The quantitative estimate of drug-likeness (QED) is 0.437. The number of benzene rings is 2. The molecule has 162 valence electrons. The minimum atomic E-state index is -0.684. The van der Waals surface area contributed by atoms with Crippen molar-refractivity contribution >= 4 is 33.3 Å². The molecule has 8 heteroatoms. The first-order valence-electron chi connectivity index (χ1n) is 10.4. The van der Waals surface area contributed by atoms with Crippen molar-refractivity contribution in [3.05, 3.63) is 80.1 Å². The van der Waals surface area contributed by atoms with Gasteiger partial charge in [0, 0.05) is 0 Å². The zero-order chi connectivity index (χ0) is 22.4. The first kappa shape index (κ1) is 20.4. The Kier molecular flexibility index (Phi) is 5.01. The molecule has 1 atom stereocenters. The summed E-state index contributed by atoms with van der Waals surface area (Å²) in [5.74, 6) is 0.323. The molecule has 1 amide bonds. The van der Waals surface area contributed by atoms with Gasteiger partial charge >= 0.3 is 0 Å². The lowest BCUT2D eigenvalue weighted by molar-refractivity contribution is 0.0970. The average molecular weight is 448 g/mol. The van der Waals surface area contributed by atoms with Crippen LogP contribution in [0, 0.1) is 13.8 Å². The molecule has 0 N–H and O–H groups in total. The molecule has 0 unspecified atom stereocenters. The van der Waals surface area contributed by atoms with Crippen molar-refractivity contribution in [2.45, 2.75) is 33.2 Å². The summed E-state index contributed by atoms with van der Waals surface area (Å²) < 4.78 is 11.8. The van der Waals surface area contributed by atoms with Crippen LogP contribution in [-0.2, 0) is 0 Å². The Morgan fingerprint density at radius 1 is 1.12 bits per heavy atom. The zero-order valence-corrected chi connectivity index (χ0v) is 18.7. The molecule has 1 aliphatic rings. The van der Waals surface area contributed by atoms with Crippen molar-refractivity contribution in [2.75, 3.05) is 11.5 Å². The highest BCUT2D eigenvalue weighted by Gasteiger charge is 2.45. The van der Waals surface area contributed by atoms with E-state index in [0.29, 0.717) is 34.0 Å². The highest BCUT2D eigenvalue weighted by molar-refractivity contribution is 7.15. The third-order valence-electron chi connectivity index (χ3n) is 5.39. The van der Waals surface area contributed by atoms with Crippen molar-refractivity contribution in [1.82, 2.24) is 10.2 Å². The summed E-state index contributed by atoms with van der Waals surface area (Å²) in [6.45, 7) is 6.35. The number of carbonyl (C=O) groups is 1. The van der Waals surface area contributed by atoms with Crippen LogP contribution >= 0.6 is 11.3 Å². The summed E-state index contributed by atoms with van der Waals surface area (Å²) in [4.78, 5) is 28.7. The Bertz CT molecular complexity index is 1410. The second-order valence-corrected chi connectivity index (χ2v) is 8.94. The van der Waals surface area contributed by atoms with Gasteiger partial charge < -0.3 is 9.15 Å². The fourth-order valence-corrected chi connectivity index (χ4v) is 4.69. The Morgan fingerprint density at radius 3 is 2.72 bits per heavy atom. The van der Waals surface area contributed by atoms with E-state index in [4.69, 9.17) is 9.15 Å². The molecule has 0 bridgehead atoms. The van der Waals surface area contributed by atoms with E-state index in [-0.39, 0.29) is 11.2 Å². The molecule has 32 heavy (non-hydrogen) atoms. The van der Waals surface area contributed by atoms with Crippen LogP contribution in [0.3, 0.4) is 0 Å². The van der Waals surface area contributed by atoms with Crippen LogP contribution < -0.4 is 15.1 Å². The molecular weight excluding hydrogens is 426 g/mol. The van der Waals surface area contributed by atoms with Crippen molar-refractivity contribution < 1.29 is 13.9 Å². The zero-order valence-electron chi connectivity index (χ0n) is 17.9. The van der Waals surface area contributed by atoms with E-state index in [1.807, 2.05) is 51.1 Å². The molecule has 0 radical (unpaired) electrons. The number of fused-ring (bicyclic) bond motifs is 2. The van der Waals surface area contributed by atoms with Gasteiger partial charge in [0.2, 0.25) is 10.9 Å². The molecule has 3 heterocycles. The molecule has 0 aliphatic carbocycles. The van der Waals surface area contributed by atoms with Crippen LogP contribution in [0.2, 0.25) is 0 Å². The highest BCUT2D eigenvalue weighted by atomic mass is 32.1. The number of rotatable bonds is 5. The van der Waals surface area contributed by atoms with Gasteiger partial charge in [-0.3, -0.25) is 14.5 Å². The van der Waals surface area contributed by atoms with Gasteiger partial charge in [-0.2, -0.15) is 0 Å². The van der Waals surface area contributed by atoms with Crippen LogP contribution in [-0.4, -0.2) is 22.7 Å². The van der Waals surface area contributed by atoms with Gasteiger partial charge in [0.15, 0.2) is 5.43 Å². The normalized spacial score (nSPS) is 15.4. The van der Waals surface area contributed by atoms with Crippen molar-refractivity contribution in [1.29, 1.82) is 0 Å².